The normalized spacial score (nSPS) is 16.6. The second kappa shape index (κ2) is 8.20. The van der Waals surface area contributed by atoms with Crippen molar-refractivity contribution < 1.29 is 9.47 Å². The van der Waals surface area contributed by atoms with E-state index >= 15 is 0 Å². The van der Waals surface area contributed by atoms with Gasteiger partial charge in [-0.1, -0.05) is 24.6 Å². The lowest BCUT2D eigenvalue weighted by Crippen LogP contribution is -2.45. The molecule has 0 radical (unpaired) electrons. The number of guanidine groups is 1. The number of aliphatic imine (C=N–C) groups is 1. The molecule has 23 heavy (non-hydrogen) atoms. The van der Waals surface area contributed by atoms with E-state index in [0.717, 1.165) is 44.6 Å². The summed E-state index contributed by atoms with van der Waals surface area (Å²) in [6, 6.07) is 8.13. The van der Waals surface area contributed by atoms with Gasteiger partial charge in [-0.05, 0) is 26.0 Å². The van der Waals surface area contributed by atoms with Gasteiger partial charge >= 0.3 is 0 Å². The summed E-state index contributed by atoms with van der Waals surface area (Å²) in [5.41, 5.74) is 1.43. The highest BCUT2D eigenvalue weighted by Gasteiger charge is 2.33. The minimum Gasteiger partial charge on any atom is -0.492 e. The maximum absolute atomic E-state index is 5.79. The molecular weight excluding hydrogens is 290 g/mol. The van der Waals surface area contributed by atoms with Gasteiger partial charge < -0.3 is 19.7 Å². The Bertz CT molecular complexity index is 510. The van der Waals surface area contributed by atoms with Gasteiger partial charge in [-0.25, -0.2) is 0 Å². The van der Waals surface area contributed by atoms with Crippen molar-refractivity contribution in [3.8, 4) is 5.75 Å². The number of nitrogens with one attached hydrogen (secondary N) is 1. The van der Waals surface area contributed by atoms with Gasteiger partial charge in [0.1, 0.15) is 12.4 Å². The lowest BCUT2D eigenvalue weighted by atomic mass is 9.89. The minimum absolute atomic E-state index is 0.194. The van der Waals surface area contributed by atoms with Gasteiger partial charge in [-0.3, -0.25) is 4.99 Å². The Hall–Kier alpha value is -1.75. The quantitative estimate of drug-likeness (QED) is 0.619. The van der Waals surface area contributed by atoms with Crippen molar-refractivity contribution in [3.05, 3.63) is 29.8 Å². The highest BCUT2D eigenvalue weighted by Crippen LogP contribution is 2.26. The summed E-state index contributed by atoms with van der Waals surface area (Å²) in [6.45, 7) is 11.0. The van der Waals surface area contributed by atoms with Crippen LogP contribution in [0, 0.1) is 12.3 Å². The third-order valence-corrected chi connectivity index (χ3v) is 3.92. The fourth-order valence-corrected chi connectivity index (χ4v) is 2.32. The van der Waals surface area contributed by atoms with E-state index in [1.807, 2.05) is 19.2 Å². The van der Waals surface area contributed by atoms with E-state index in [1.165, 1.54) is 5.56 Å². The van der Waals surface area contributed by atoms with Crippen LogP contribution >= 0.6 is 0 Å². The lowest BCUT2D eigenvalue weighted by Gasteiger charge is -2.37. The Morgan fingerprint density at radius 2 is 2.04 bits per heavy atom. The molecule has 1 aromatic carbocycles. The van der Waals surface area contributed by atoms with Crippen molar-refractivity contribution >= 4 is 5.96 Å². The molecule has 1 aliphatic heterocycles. The zero-order valence-corrected chi connectivity index (χ0v) is 14.8. The first kappa shape index (κ1) is 17.6. The molecule has 1 heterocycles. The average Bonchev–Trinajstić information content (AvgIpc) is 2.51. The Kier molecular flexibility index (Phi) is 6.28. The van der Waals surface area contributed by atoms with Crippen molar-refractivity contribution in [1.29, 1.82) is 0 Å². The summed E-state index contributed by atoms with van der Waals surface area (Å²) in [5, 5.41) is 3.34. The molecule has 0 saturated carbocycles. The van der Waals surface area contributed by atoms with Crippen LogP contribution in [0.4, 0.5) is 0 Å². The van der Waals surface area contributed by atoms with Crippen LogP contribution < -0.4 is 10.1 Å². The van der Waals surface area contributed by atoms with Crippen molar-refractivity contribution in [2.75, 3.05) is 46.5 Å². The second-order valence-electron chi connectivity index (χ2n) is 6.56. The smallest absolute Gasteiger partial charge is 0.193 e. The van der Waals surface area contributed by atoms with E-state index in [1.54, 1.807) is 0 Å². The summed E-state index contributed by atoms with van der Waals surface area (Å²) >= 11 is 0. The summed E-state index contributed by atoms with van der Waals surface area (Å²) in [5.74, 6) is 1.83. The number of likely N-dealkylation sites (N-methyl/N-ethyl adjacent to an activating group) is 1. The third-order valence-electron chi connectivity index (χ3n) is 3.92. The summed E-state index contributed by atoms with van der Waals surface area (Å²) in [4.78, 5) is 6.85. The molecule has 0 aromatic heterocycles. The number of hydrogen-bond acceptors (Lipinski definition) is 3. The highest BCUT2D eigenvalue weighted by molar-refractivity contribution is 5.79. The number of aryl methyl sites for hydroxylation is 1. The topological polar surface area (TPSA) is 46.1 Å². The Morgan fingerprint density at radius 1 is 1.35 bits per heavy atom. The van der Waals surface area contributed by atoms with Crippen LogP contribution in [0.15, 0.2) is 29.3 Å². The molecule has 2 rings (SSSR count). The Morgan fingerprint density at radius 3 is 2.61 bits per heavy atom. The van der Waals surface area contributed by atoms with E-state index in [-0.39, 0.29) is 5.41 Å². The standard InChI is InChI=1S/C18H29N3O2/c1-5-19-17(20-12-18(3)13-22-14-18)21(4)10-11-23-16-8-6-15(2)7-9-16/h6-9H,5,10-14H2,1-4H3,(H,19,20). The molecule has 0 atom stereocenters. The summed E-state index contributed by atoms with van der Waals surface area (Å²) in [7, 11) is 2.04. The molecule has 1 N–H and O–H groups in total. The number of nitrogens with zero attached hydrogens (tertiary/aromatic N) is 2. The first-order valence-corrected chi connectivity index (χ1v) is 8.29. The Labute approximate surface area is 139 Å². The van der Waals surface area contributed by atoms with Crippen LogP contribution in [0.25, 0.3) is 0 Å². The summed E-state index contributed by atoms with van der Waals surface area (Å²) in [6.07, 6.45) is 0. The SMILES string of the molecule is CCNC(=NCC1(C)COC1)N(C)CCOc1ccc(C)cc1. The molecule has 0 spiro atoms. The van der Waals surface area contributed by atoms with Crippen LogP contribution in [-0.4, -0.2) is 57.4 Å². The maximum atomic E-state index is 5.79. The number of benzene rings is 1. The first-order valence-electron chi connectivity index (χ1n) is 8.29. The van der Waals surface area contributed by atoms with E-state index in [2.05, 4.69) is 43.1 Å². The van der Waals surface area contributed by atoms with Crippen LogP contribution in [-0.2, 0) is 4.74 Å². The third kappa shape index (κ3) is 5.43. The van der Waals surface area contributed by atoms with Crippen LogP contribution in [0.2, 0.25) is 0 Å². The van der Waals surface area contributed by atoms with Gasteiger partial charge in [-0.15, -0.1) is 0 Å². The van der Waals surface area contributed by atoms with Gasteiger partial charge in [-0.2, -0.15) is 0 Å². The Balaban J connectivity index is 1.81. The van der Waals surface area contributed by atoms with Gasteiger partial charge in [0.2, 0.25) is 0 Å². The second-order valence-corrected chi connectivity index (χ2v) is 6.56. The van der Waals surface area contributed by atoms with Gasteiger partial charge in [0.15, 0.2) is 5.96 Å². The van der Waals surface area contributed by atoms with E-state index in [0.29, 0.717) is 6.61 Å². The molecule has 1 aliphatic rings. The van der Waals surface area contributed by atoms with Crippen molar-refractivity contribution in [2.45, 2.75) is 20.8 Å². The molecular formula is C18H29N3O2. The minimum atomic E-state index is 0.194. The fourth-order valence-electron chi connectivity index (χ4n) is 2.32. The first-order chi connectivity index (χ1) is 11.0. The monoisotopic (exact) mass is 319 g/mol. The molecule has 5 nitrogen and oxygen atoms in total. The van der Waals surface area contributed by atoms with Gasteiger partial charge in [0, 0.05) is 19.0 Å². The van der Waals surface area contributed by atoms with E-state index in [4.69, 9.17) is 14.5 Å². The number of hydrogen-bond donors (Lipinski definition) is 1. The number of ether oxygens (including phenoxy) is 2. The molecule has 5 heteroatoms. The van der Waals surface area contributed by atoms with Crippen molar-refractivity contribution in [2.24, 2.45) is 10.4 Å². The van der Waals surface area contributed by atoms with Crippen LogP contribution in [0.3, 0.4) is 0 Å². The van der Waals surface area contributed by atoms with E-state index in [9.17, 15) is 0 Å². The van der Waals surface area contributed by atoms with Crippen molar-refractivity contribution in [1.82, 2.24) is 10.2 Å². The van der Waals surface area contributed by atoms with Gasteiger partial charge in [0.05, 0.1) is 26.3 Å². The van der Waals surface area contributed by atoms with Crippen LogP contribution in [0.1, 0.15) is 19.4 Å². The predicted molar refractivity (Wildman–Crippen MR) is 94.2 cm³/mol. The summed E-state index contributed by atoms with van der Waals surface area (Å²) < 4.78 is 11.1. The zero-order chi connectivity index (χ0) is 16.7. The number of rotatable bonds is 7. The molecule has 0 aliphatic carbocycles. The maximum Gasteiger partial charge on any atom is 0.193 e. The zero-order valence-electron chi connectivity index (χ0n) is 14.8. The fraction of sp³-hybridized carbons (Fsp3) is 0.611. The van der Waals surface area contributed by atoms with Crippen LogP contribution in [0.5, 0.6) is 5.75 Å². The molecule has 1 fully saturated rings. The average molecular weight is 319 g/mol. The van der Waals surface area contributed by atoms with Crippen molar-refractivity contribution in [3.63, 3.8) is 0 Å². The highest BCUT2D eigenvalue weighted by atomic mass is 16.5. The molecule has 0 amide bonds. The molecule has 0 unspecified atom stereocenters. The largest absolute Gasteiger partial charge is 0.492 e. The molecule has 1 saturated heterocycles. The van der Waals surface area contributed by atoms with E-state index < -0.39 is 0 Å². The predicted octanol–water partition coefficient (Wildman–Crippen LogP) is 2.31. The molecule has 128 valence electrons. The molecule has 1 aromatic rings. The molecule has 0 bridgehead atoms. The lowest BCUT2D eigenvalue weighted by molar-refractivity contribution is -0.0945. The van der Waals surface area contributed by atoms with Gasteiger partial charge in [0.25, 0.3) is 0 Å².